The molecule has 0 fully saturated rings. The Morgan fingerprint density at radius 3 is 2.54 bits per heavy atom. The molecular formula is C26H24N6O3. The highest BCUT2D eigenvalue weighted by atomic mass is 16.5. The van der Waals surface area contributed by atoms with Crippen molar-refractivity contribution in [2.24, 2.45) is 0 Å². The van der Waals surface area contributed by atoms with Gasteiger partial charge >= 0.3 is 0 Å². The van der Waals surface area contributed by atoms with Crippen LogP contribution < -0.4 is 20.1 Å². The molecule has 0 spiro atoms. The summed E-state index contributed by atoms with van der Waals surface area (Å²) in [4.78, 5) is 22.3. The van der Waals surface area contributed by atoms with Gasteiger partial charge in [0.2, 0.25) is 5.95 Å². The molecule has 0 aliphatic carbocycles. The van der Waals surface area contributed by atoms with Crippen molar-refractivity contribution >= 4 is 17.5 Å². The zero-order valence-corrected chi connectivity index (χ0v) is 19.5. The summed E-state index contributed by atoms with van der Waals surface area (Å²) in [5.41, 5.74) is 3.48. The zero-order chi connectivity index (χ0) is 24.4. The molecule has 1 aliphatic heterocycles. The molecule has 5 rings (SSSR count). The van der Waals surface area contributed by atoms with Gasteiger partial charge in [-0.2, -0.15) is 4.98 Å². The molecule has 35 heavy (non-hydrogen) atoms. The summed E-state index contributed by atoms with van der Waals surface area (Å²) < 4.78 is 12.4. The summed E-state index contributed by atoms with van der Waals surface area (Å²) in [7, 11) is 3.23. The first-order valence-corrected chi connectivity index (χ1v) is 11.0. The number of amides is 1. The van der Waals surface area contributed by atoms with E-state index in [1.165, 1.54) is 0 Å². The van der Waals surface area contributed by atoms with Gasteiger partial charge in [0.15, 0.2) is 5.82 Å². The van der Waals surface area contributed by atoms with E-state index in [9.17, 15) is 4.79 Å². The predicted molar refractivity (Wildman–Crippen MR) is 132 cm³/mol. The Bertz CT molecular complexity index is 1400. The van der Waals surface area contributed by atoms with E-state index in [0.717, 1.165) is 16.9 Å². The lowest BCUT2D eigenvalue weighted by Gasteiger charge is -2.28. The standard InChI is InChI=1S/C26H24N6O3/c1-16-22(25(33)29-19-7-5-13-27-15-19)23(17-9-11-20(34-2)12-10-17)32-26(28-16)30-24(31-32)18-6-4-8-21(14-18)35-3/h4-15,23H,1-3H3,(H,29,33)(H,28,30,31). The largest absolute Gasteiger partial charge is 0.497 e. The molecular weight excluding hydrogens is 444 g/mol. The number of carbonyl (C=O) groups excluding carboxylic acids is 1. The summed E-state index contributed by atoms with van der Waals surface area (Å²) in [6.45, 7) is 1.86. The van der Waals surface area contributed by atoms with Crippen LogP contribution in [0.2, 0.25) is 0 Å². The van der Waals surface area contributed by atoms with Gasteiger partial charge in [-0.05, 0) is 48.9 Å². The van der Waals surface area contributed by atoms with Crippen LogP contribution in [0.5, 0.6) is 11.5 Å². The second-order valence-corrected chi connectivity index (χ2v) is 7.97. The number of methoxy groups -OCH3 is 2. The molecule has 1 amide bonds. The lowest BCUT2D eigenvalue weighted by atomic mass is 9.95. The zero-order valence-electron chi connectivity index (χ0n) is 19.5. The summed E-state index contributed by atoms with van der Waals surface area (Å²) in [5, 5.41) is 11.0. The van der Waals surface area contributed by atoms with Gasteiger partial charge in [0.25, 0.3) is 5.91 Å². The summed E-state index contributed by atoms with van der Waals surface area (Å²) >= 11 is 0. The summed E-state index contributed by atoms with van der Waals surface area (Å²) in [5.74, 6) is 2.24. The fourth-order valence-corrected chi connectivity index (χ4v) is 4.06. The first-order chi connectivity index (χ1) is 17.1. The third kappa shape index (κ3) is 4.31. The highest BCUT2D eigenvalue weighted by Crippen LogP contribution is 2.37. The second kappa shape index (κ2) is 9.30. The highest BCUT2D eigenvalue weighted by Gasteiger charge is 2.34. The van der Waals surface area contributed by atoms with Gasteiger partial charge in [-0.15, -0.1) is 5.10 Å². The molecule has 2 N–H and O–H groups in total. The number of nitrogens with zero attached hydrogens (tertiary/aromatic N) is 4. The van der Waals surface area contributed by atoms with Crippen molar-refractivity contribution in [3.8, 4) is 22.9 Å². The van der Waals surface area contributed by atoms with E-state index in [1.54, 1.807) is 43.4 Å². The number of fused-ring (bicyclic) bond motifs is 1. The third-order valence-electron chi connectivity index (χ3n) is 5.78. The average Bonchev–Trinajstić information content (AvgIpc) is 3.32. The number of carbonyl (C=O) groups is 1. The number of anilines is 2. The highest BCUT2D eigenvalue weighted by molar-refractivity contribution is 6.05. The van der Waals surface area contributed by atoms with Crippen molar-refractivity contribution in [3.05, 3.63) is 89.9 Å². The number of nitrogens with one attached hydrogen (secondary N) is 2. The number of hydrogen-bond donors (Lipinski definition) is 2. The van der Waals surface area contributed by atoms with Crippen LogP contribution >= 0.6 is 0 Å². The number of pyridine rings is 1. The molecule has 9 nitrogen and oxygen atoms in total. The van der Waals surface area contributed by atoms with Crippen LogP contribution in [0.15, 0.2) is 84.3 Å². The first kappa shape index (κ1) is 22.1. The fraction of sp³-hybridized carbons (Fsp3) is 0.154. The van der Waals surface area contributed by atoms with Crippen LogP contribution in [0.1, 0.15) is 18.5 Å². The Balaban J connectivity index is 1.60. The Hall–Kier alpha value is -4.66. The minimum Gasteiger partial charge on any atom is -0.497 e. The normalized spacial score (nSPS) is 14.7. The van der Waals surface area contributed by atoms with Crippen LogP contribution in [-0.4, -0.2) is 39.9 Å². The second-order valence-electron chi connectivity index (χ2n) is 7.97. The van der Waals surface area contributed by atoms with Crippen LogP contribution in [-0.2, 0) is 4.79 Å². The predicted octanol–water partition coefficient (Wildman–Crippen LogP) is 4.28. The van der Waals surface area contributed by atoms with Crippen LogP contribution in [0.25, 0.3) is 11.4 Å². The van der Waals surface area contributed by atoms with Gasteiger partial charge in [0.1, 0.15) is 17.5 Å². The van der Waals surface area contributed by atoms with Gasteiger partial charge < -0.3 is 20.1 Å². The Morgan fingerprint density at radius 1 is 1.03 bits per heavy atom. The first-order valence-electron chi connectivity index (χ1n) is 11.0. The fourth-order valence-electron chi connectivity index (χ4n) is 4.06. The average molecular weight is 469 g/mol. The maximum Gasteiger partial charge on any atom is 0.255 e. The van der Waals surface area contributed by atoms with E-state index < -0.39 is 6.04 Å². The van der Waals surface area contributed by atoms with E-state index in [-0.39, 0.29) is 5.91 Å². The van der Waals surface area contributed by atoms with Gasteiger partial charge in [-0.3, -0.25) is 9.78 Å². The summed E-state index contributed by atoms with van der Waals surface area (Å²) in [6.07, 6.45) is 3.26. The number of benzene rings is 2. The number of hydrogen-bond acceptors (Lipinski definition) is 7. The molecule has 2 aromatic heterocycles. The number of allylic oxidation sites excluding steroid dienone is 1. The molecule has 1 atom stereocenters. The molecule has 0 saturated carbocycles. The molecule has 9 heteroatoms. The van der Waals surface area contributed by atoms with Crippen LogP contribution in [0.4, 0.5) is 11.6 Å². The lowest BCUT2D eigenvalue weighted by molar-refractivity contribution is -0.113. The molecule has 3 heterocycles. The third-order valence-corrected chi connectivity index (χ3v) is 5.78. The van der Waals surface area contributed by atoms with E-state index in [4.69, 9.17) is 19.6 Å². The molecule has 0 radical (unpaired) electrons. The molecule has 176 valence electrons. The molecule has 0 saturated heterocycles. The quantitative estimate of drug-likeness (QED) is 0.435. The smallest absolute Gasteiger partial charge is 0.255 e. The van der Waals surface area contributed by atoms with Crippen molar-refractivity contribution in [2.75, 3.05) is 24.9 Å². The number of aromatic nitrogens is 4. The van der Waals surface area contributed by atoms with E-state index in [1.807, 2.05) is 55.5 Å². The van der Waals surface area contributed by atoms with Gasteiger partial charge in [-0.25, -0.2) is 4.68 Å². The van der Waals surface area contributed by atoms with Crippen molar-refractivity contribution in [1.82, 2.24) is 19.7 Å². The van der Waals surface area contributed by atoms with Crippen LogP contribution in [0, 0.1) is 0 Å². The SMILES string of the molecule is COc1ccc(C2C(C(=O)Nc3cccnc3)=C(C)Nc3nc(-c4cccc(OC)c4)nn32)cc1. The molecule has 1 aliphatic rings. The lowest BCUT2D eigenvalue weighted by Crippen LogP contribution is -2.31. The minimum atomic E-state index is -0.513. The van der Waals surface area contributed by atoms with E-state index in [2.05, 4.69) is 15.6 Å². The van der Waals surface area contributed by atoms with Crippen molar-refractivity contribution in [3.63, 3.8) is 0 Å². The monoisotopic (exact) mass is 468 g/mol. The molecule has 0 bridgehead atoms. The van der Waals surface area contributed by atoms with E-state index >= 15 is 0 Å². The van der Waals surface area contributed by atoms with Crippen molar-refractivity contribution in [2.45, 2.75) is 13.0 Å². The van der Waals surface area contributed by atoms with Crippen molar-refractivity contribution < 1.29 is 14.3 Å². The Kier molecular flexibility index (Phi) is 5.88. The van der Waals surface area contributed by atoms with Gasteiger partial charge in [-0.1, -0.05) is 24.3 Å². The topological polar surface area (TPSA) is 103 Å². The van der Waals surface area contributed by atoms with Gasteiger partial charge in [0.05, 0.1) is 31.7 Å². The minimum absolute atomic E-state index is 0.257. The molecule has 2 aromatic carbocycles. The van der Waals surface area contributed by atoms with Crippen LogP contribution in [0.3, 0.4) is 0 Å². The number of ether oxygens (including phenoxy) is 2. The summed E-state index contributed by atoms with van der Waals surface area (Å²) in [6, 6.07) is 18.2. The molecule has 4 aromatic rings. The molecule has 1 unspecified atom stereocenters. The Morgan fingerprint density at radius 2 is 1.83 bits per heavy atom. The Labute approximate surface area is 202 Å². The maximum absolute atomic E-state index is 13.5. The van der Waals surface area contributed by atoms with Gasteiger partial charge in [0, 0.05) is 17.5 Å². The van der Waals surface area contributed by atoms with Crippen molar-refractivity contribution in [1.29, 1.82) is 0 Å². The maximum atomic E-state index is 13.5. The van der Waals surface area contributed by atoms with E-state index in [0.29, 0.717) is 34.5 Å². The number of rotatable bonds is 6.